The standard InChI is InChI=1S/C27H27N3O4/c1-17(2)20-12-7-9-18(3)23(20)15-28-27(34)30-25(31)21-13-8-14-22(26(32)33)24(21)29(30)16-19-10-5-4-6-11-19/h4-14,17H,15-16H2,1-3H3,(H,28,34)(H,32,33). The SMILES string of the molecule is Cc1cccc(C(C)C)c1CNC(=O)n1c(=O)c2cccc(C(=O)O)c2n1Cc1ccccc1. The van der Waals surface area contributed by atoms with Crippen LogP contribution in [0.15, 0.2) is 71.5 Å². The molecule has 1 aromatic heterocycles. The molecular weight excluding hydrogens is 430 g/mol. The number of carboxylic acids is 1. The van der Waals surface area contributed by atoms with Gasteiger partial charge in [0.2, 0.25) is 0 Å². The van der Waals surface area contributed by atoms with Crippen LogP contribution in [0.2, 0.25) is 0 Å². The minimum atomic E-state index is -1.16. The van der Waals surface area contributed by atoms with Gasteiger partial charge in [-0.2, -0.15) is 4.68 Å². The number of hydrogen-bond donors (Lipinski definition) is 2. The van der Waals surface area contributed by atoms with E-state index in [4.69, 9.17) is 0 Å². The number of para-hydroxylation sites is 1. The summed E-state index contributed by atoms with van der Waals surface area (Å²) in [6.07, 6.45) is 0. The molecule has 4 rings (SSSR count). The van der Waals surface area contributed by atoms with E-state index in [9.17, 15) is 19.5 Å². The molecule has 0 saturated heterocycles. The number of fused-ring (bicyclic) bond motifs is 1. The van der Waals surface area contributed by atoms with Crippen LogP contribution in [0.25, 0.3) is 10.9 Å². The van der Waals surface area contributed by atoms with Crippen LogP contribution in [0, 0.1) is 6.92 Å². The molecule has 0 aliphatic carbocycles. The van der Waals surface area contributed by atoms with Crippen molar-refractivity contribution in [2.24, 2.45) is 0 Å². The smallest absolute Gasteiger partial charge is 0.344 e. The first-order valence-electron chi connectivity index (χ1n) is 11.2. The fraction of sp³-hybridized carbons (Fsp3) is 0.222. The summed E-state index contributed by atoms with van der Waals surface area (Å²) in [5, 5.41) is 12.8. The van der Waals surface area contributed by atoms with Gasteiger partial charge in [-0.1, -0.05) is 68.4 Å². The predicted octanol–water partition coefficient (Wildman–Crippen LogP) is 4.74. The van der Waals surface area contributed by atoms with E-state index in [1.807, 2.05) is 55.5 Å². The molecule has 0 unspecified atom stereocenters. The van der Waals surface area contributed by atoms with Crippen LogP contribution in [0.3, 0.4) is 0 Å². The van der Waals surface area contributed by atoms with E-state index < -0.39 is 17.6 Å². The Hall–Kier alpha value is -4.13. The third-order valence-electron chi connectivity index (χ3n) is 6.04. The lowest BCUT2D eigenvalue weighted by Gasteiger charge is -2.17. The number of nitrogens with one attached hydrogen (secondary N) is 1. The number of rotatable bonds is 6. The predicted molar refractivity (Wildman–Crippen MR) is 132 cm³/mol. The van der Waals surface area contributed by atoms with Crippen molar-refractivity contribution in [3.63, 3.8) is 0 Å². The molecule has 0 radical (unpaired) electrons. The highest BCUT2D eigenvalue weighted by Gasteiger charge is 2.23. The van der Waals surface area contributed by atoms with Crippen molar-refractivity contribution in [2.75, 3.05) is 0 Å². The van der Waals surface area contributed by atoms with Gasteiger partial charge in [0.15, 0.2) is 0 Å². The number of aromatic nitrogens is 2. The summed E-state index contributed by atoms with van der Waals surface area (Å²) in [5.41, 5.74) is 3.66. The number of carboxylic acid groups (broad SMARTS) is 1. The second-order valence-electron chi connectivity index (χ2n) is 8.62. The molecule has 0 bridgehead atoms. The van der Waals surface area contributed by atoms with Gasteiger partial charge in [-0.15, -0.1) is 0 Å². The van der Waals surface area contributed by atoms with Crippen LogP contribution in [0.5, 0.6) is 0 Å². The van der Waals surface area contributed by atoms with Crippen LogP contribution in [0.1, 0.15) is 52.4 Å². The molecule has 34 heavy (non-hydrogen) atoms. The van der Waals surface area contributed by atoms with Crippen LogP contribution in [-0.4, -0.2) is 26.5 Å². The Morgan fingerprint density at radius 2 is 1.68 bits per heavy atom. The number of carbonyl (C=O) groups excluding carboxylic acids is 1. The summed E-state index contributed by atoms with van der Waals surface area (Å²) in [7, 11) is 0. The maximum Gasteiger partial charge on any atom is 0.344 e. The molecule has 0 fully saturated rings. The maximum atomic E-state index is 13.4. The molecule has 1 heterocycles. The molecule has 0 spiro atoms. The molecule has 174 valence electrons. The lowest BCUT2D eigenvalue weighted by atomic mass is 9.94. The van der Waals surface area contributed by atoms with Crippen molar-refractivity contribution >= 4 is 22.9 Å². The van der Waals surface area contributed by atoms with Crippen molar-refractivity contribution in [3.05, 3.63) is 105 Å². The highest BCUT2D eigenvalue weighted by Crippen LogP contribution is 2.23. The fourth-order valence-corrected chi connectivity index (χ4v) is 4.34. The molecular formula is C27H27N3O4. The van der Waals surface area contributed by atoms with Gasteiger partial charge in [0.1, 0.15) is 0 Å². The third-order valence-corrected chi connectivity index (χ3v) is 6.04. The number of benzene rings is 3. The van der Waals surface area contributed by atoms with Crippen molar-refractivity contribution in [1.82, 2.24) is 14.7 Å². The minimum Gasteiger partial charge on any atom is -0.478 e. The van der Waals surface area contributed by atoms with Crippen LogP contribution in [0.4, 0.5) is 4.79 Å². The summed E-state index contributed by atoms with van der Waals surface area (Å²) >= 11 is 0. The number of aryl methyl sites for hydroxylation is 1. The van der Waals surface area contributed by atoms with Gasteiger partial charge in [0, 0.05) is 6.54 Å². The number of aromatic carboxylic acids is 1. The Balaban J connectivity index is 1.81. The highest BCUT2D eigenvalue weighted by molar-refractivity contribution is 6.02. The summed E-state index contributed by atoms with van der Waals surface area (Å²) in [6.45, 7) is 6.60. The van der Waals surface area contributed by atoms with Gasteiger partial charge in [-0.25, -0.2) is 9.59 Å². The molecule has 0 aliphatic heterocycles. The monoisotopic (exact) mass is 457 g/mol. The zero-order valence-electron chi connectivity index (χ0n) is 19.4. The van der Waals surface area contributed by atoms with Crippen LogP contribution >= 0.6 is 0 Å². The maximum absolute atomic E-state index is 13.4. The molecule has 0 saturated carbocycles. The van der Waals surface area contributed by atoms with E-state index in [0.29, 0.717) is 0 Å². The molecule has 0 atom stereocenters. The number of hydrogen-bond acceptors (Lipinski definition) is 3. The summed E-state index contributed by atoms with van der Waals surface area (Å²) in [4.78, 5) is 38.6. The highest BCUT2D eigenvalue weighted by atomic mass is 16.4. The van der Waals surface area contributed by atoms with Gasteiger partial charge in [-0.05, 0) is 47.2 Å². The number of carbonyl (C=O) groups is 2. The number of nitrogens with zero attached hydrogens (tertiary/aromatic N) is 2. The van der Waals surface area contributed by atoms with Gasteiger partial charge in [0.25, 0.3) is 5.56 Å². The molecule has 7 heteroatoms. The zero-order chi connectivity index (χ0) is 24.4. The van der Waals surface area contributed by atoms with Gasteiger partial charge in [-0.3, -0.25) is 9.48 Å². The Morgan fingerprint density at radius 3 is 2.35 bits per heavy atom. The molecule has 4 aromatic rings. The zero-order valence-corrected chi connectivity index (χ0v) is 19.4. The van der Waals surface area contributed by atoms with Crippen LogP contribution in [-0.2, 0) is 13.1 Å². The Labute approximate surface area is 197 Å². The Bertz CT molecular complexity index is 1430. The third kappa shape index (κ3) is 4.24. The first-order chi connectivity index (χ1) is 16.3. The lowest BCUT2D eigenvalue weighted by molar-refractivity contribution is 0.0698. The average molecular weight is 458 g/mol. The van der Waals surface area contributed by atoms with Crippen molar-refractivity contribution < 1.29 is 14.7 Å². The minimum absolute atomic E-state index is 0.0296. The molecule has 0 aliphatic rings. The quantitative estimate of drug-likeness (QED) is 0.437. The van der Waals surface area contributed by atoms with E-state index in [2.05, 4.69) is 19.2 Å². The largest absolute Gasteiger partial charge is 0.478 e. The Morgan fingerprint density at radius 1 is 0.971 bits per heavy atom. The average Bonchev–Trinajstić information content (AvgIpc) is 3.10. The fourth-order valence-electron chi connectivity index (χ4n) is 4.34. The second-order valence-corrected chi connectivity index (χ2v) is 8.62. The number of amides is 1. The first kappa shape index (κ1) is 23.0. The molecule has 2 N–H and O–H groups in total. The summed E-state index contributed by atoms with van der Waals surface area (Å²) < 4.78 is 2.46. The van der Waals surface area contributed by atoms with Crippen molar-refractivity contribution in [2.45, 2.75) is 39.8 Å². The Kier molecular flexibility index (Phi) is 6.36. The lowest BCUT2D eigenvalue weighted by Crippen LogP contribution is -2.38. The molecule has 3 aromatic carbocycles. The van der Waals surface area contributed by atoms with Crippen LogP contribution < -0.4 is 10.9 Å². The van der Waals surface area contributed by atoms with E-state index in [1.165, 1.54) is 16.8 Å². The van der Waals surface area contributed by atoms with E-state index in [0.717, 1.165) is 26.9 Å². The van der Waals surface area contributed by atoms with Gasteiger partial charge >= 0.3 is 12.0 Å². The van der Waals surface area contributed by atoms with Crippen molar-refractivity contribution in [1.29, 1.82) is 0 Å². The molecule has 7 nitrogen and oxygen atoms in total. The second kappa shape index (κ2) is 9.39. The summed E-state index contributed by atoms with van der Waals surface area (Å²) in [5.74, 6) is -0.886. The summed E-state index contributed by atoms with van der Waals surface area (Å²) in [6, 6.07) is 19.2. The van der Waals surface area contributed by atoms with Gasteiger partial charge in [0.05, 0.1) is 23.0 Å². The van der Waals surface area contributed by atoms with Crippen molar-refractivity contribution in [3.8, 4) is 0 Å². The van der Waals surface area contributed by atoms with Gasteiger partial charge < -0.3 is 10.4 Å². The first-order valence-corrected chi connectivity index (χ1v) is 11.2. The molecule has 1 amide bonds. The normalized spacial score (nSPS) is 11.2. The van der Waals surface area contributed by atoms with E-state index in [1.54, 1.807) is 6.07 Å². The topological polar surface area (TPSA) is 93.3 Å². The van der Waals surface area contributed by atoms with E-state index >= 15 is 0 Å². The van der Waals surface area contributed by atoms with E-state index in [-0.39, 0.29) is 35.5 Å².